The van der Waals surface area contributed by atoms with Crippen molar-refractivity contribution in [2.75, 3.05) is 45.7 Å². The number of hydrogen-bond acceptors (Lipinski definition) is 4. The van der Waals surface area contributed by atoms with Gasteiger partial charge in [0.25, 0.3) is 0 Å². The summed E-state index contributed by atoms with van der Waals surface area (Å²) < 4.78 is 11.3. The van der Waals surface area contributed by atoms with Gasteiger partial charge in [0.05, 0.1) is 6.10 Å². The van der Waals surface area contributed by atoms with Crippen molar-refractivity contribution in [2.24, 2.45) is 10.9 Å². The lowest BCUT2D eigenvalue weighted by molar-refractivity contribution is -0.127. The van der Waals surface area contributed by atoms with Gasteiger partial charge in [0.1, 0.15) is 12.3 Å². The molecule has 0 aliphatic heterocycles. The SMILES string of the molecule is CC(C)Oc1ccc(NC(=NCC(=O)N(C)C)NCCCOCC2CC2)cc1.I. The molecule has 29 heavy (non-hydrogen) atoms. The van der Waals surface area contributed by atoms with Gasteiger partial charge in [-0.2, -0.15) is 0 Å². The Balaban J connectivity index is 0.00000420. The minimum Gasteiger partial charge on any atom is -0.491 e. The number of likely N-dealkylation sites (N-methyl/N-ethyl adjacent to an activating group) is 1. The van der Waals surface area contributed by atoms with Crippen molar-refractivity contribution in [1.82, 2.24) is 10.2 Å². The average Bonchev–Trinajstić information content (AvgIpc) is 3.47. The number of aliphatic imine (C=N–C) groups is 1. The Hall–Kier alpha value is -1.55. The van der Waals surface area contributed by atoms with E-state index in [0.29, 0.717) is 5.96 Å². The minimum absolute atomic E-state index is 0. The van der Waals surface area contributed by atoms with E-state index in [2.05, 4.69) is 15.6 Å². The Bertz CT molecular complexity index is 631. The molecule has 0 bridgehead atoms. The molecule has 7 nitrogen and oxygen atoms in total. The number of benzene rings is 1. The van der Waals surface area contributed by atoms with Crippen LogP contribution in [0.4, 0.5) is 5.69 Å². The Morgan fingerprint density at radius 1 is 1.24 bits per heavy atom. The van der Waals surface area contributed by atoms with Gasteiger partial charge in [-0.1, -0.05) is 0 Å². The van der Waals surface area contributed by atoms with Crippen molar-refractivity contribution in [3.8, 4) is 5.75 Å². The number of nitrogens with one attached hydrogen (secondary N) is 2. The highest BCUT2D eigenvalue weighted by Gasteiger charge is 2.20. The lowest BCUT2D eigenvalue weighted by Gasteiger charge is -2.15. The molecule has 1 aromatic rings. The van der Waals surface area contributed by atoms with Crippen molar-refractivity contribution in [1.29, 1.82) is 0 Å². The first-order valence-electron chi connectivity index (χ1n) is 10.0. The quantitative estimate of drug-likeness (QED) is 0.204. The van der Waals surface area contributed by atoms with Crippen LogP contribution in [0.2, 0.25) is 0 Å². The molecule has 2 N–H and O–H groups in total. The Labute approximate surface area is 191 Å². The van der Waals surface area contributed by atoms with Gasteiger partial charge in [-0.15, -0.1) is 24.0 Å². The van der Waals surface area contributed by atoms with Crippen molar-refractivity contribution >= 4 is 41.5 Å². The van der Waals surface area contributed by atoms with Crippen LogP contribution in [0.15, 0.2) is 29.3 Å². The second-order valence-corrected chi connectivity index (χ2v) is 7.57. The number of carbonyl (C=O) groups is 1. The van der Waals surface area contributed by atoms with Gasteiger partial charge in [-0.05, 0) is 63.3 Å². The molecule has 0 spiro atoms. The molecule has 8 heteroatoms. The molecule has 1 saturated carbocycles. The zero-order valence-corrected chi connectivity index (χ0v) is 20.3. The Kier molecular flexibility index (Phi) is 12.0. The molecule has 0 unspecified atom stereocenters. The number of hydrogen-bond donors (Lipinski definition) is 2. The largest absolute Gasteiger partial charge is 0.491 e. The van der Waals surface area contributed by atoms with Crippen LogP contribution in [-0.2, 0) is 9.53 Å². The van der Waals surface area contributed by atoms with Gasteiger partial charge in [0, 0.05) is 39.5 Å². The summed E-state index contributed by atoms with van der Waals surface area (Å²) in [6.07, 6.45) is 3.63. The predicted octanol–water partition coefficient (Wildman–Crippen LogP) is 3.35. The van der Waals surface area contributed by atoms with Gasteiger partial charge in [0.2, 0.25) is 5.91 Å². The maximum atomic E-state index is 11.9. The first-order valence-corrected chi connectivity index (χ1v) is 10.0. The normalized spacial score (nSPS) is 13.6. The molecule has 1 aliphatic rings. The number of anilines is 1. The molecule has 0 aromatic heterocycles. The number of ether oxygens (including phenoxy) is 2. The molecular weight excluding hydrogens is 483 g/mol. The van der Waals surface area contributed by atoms with Crippen LogP contribution in [0.3, 0.4) is 0 Å². The fourth-order valence-corrected chi connectivity index (χ4v) is 2.37. The number of amides is 1. The summed E-state index contributed by atoms with van der Waals surface area (Å²) >= 11 is 0. The third kappa shape index (κ3) is 11.3. The van der Waals surface area contributed by atoms with E-state index in [-0.39, 0.29) is 42.5 Å². The molecule has 1 aliphatic carbocycles. The van der Waals surface area contributed by atoms with Crippen LogP contribution in [0.1, 0.15) is 33.1 Å². The Morgan fingerprint density at radius 3 is 2.52 bits per heavy atom. The standard InChI is InChI=1S/C21H34N4O3.HI/c1-16(2)28-19-10-8-18(9-11-19)24-21(23-14-20(26)25(3)4)22-12-5-13-27-15-17-6-7-17;/h8-11,16-17H,5-7,12-15H2,1-4H3,(H2,22,23,24);1H. The van der Waals surface area contributed by atoms with E-state index in [1.807, 2.05) is 38.1 Å². The van der Waals surface area contributed by atoms with Crippen LogP contribution in [0.5, 0.6) is 5.75 Å². The van der Waals surface area contributed by atoms with Crippen molar-refractivity contribution < 1.29 is 14.3 Å². The van der Waals surface area contributed by atoms with E-state index in [1.165, 1.54) is 17.7 Å². The molecule has 1 amide bonds. The number of carbonyl (C=O) groups excluding carboxylic acids is 1. The van der Waals surface area contributed by atoms with Gasteiger partial charge in [-0.25, -0.2) is 4.99 Å². The maximum absolute atomic E-state index is 11.9. The summed E-state index contributed by atoms with van der Waals surface area (Å²) in [5.74, 6) is 2.14. The van der Waals surface area contributed by atoms with E-state index < -0.39 is 0 Å². The van der Waals surface area contributed by atoms with E-state index in [4.69, 9.17) is 9.47 Å². The molecule has 1 aromatic carbocycles. The highest BCUT2D eigenvalue weighted by atomic mass is 127. The lowest BCUT2D eigenvalue weighted by Crippen LogP contribution is -2.34. The number of halogens is 1. The topological polar surface area (TPSA) is 75.2 Å². The van der Waals surface area contributed by atoms with Crippen molar-refractivity contribution in [3.05, 3.63) is 24.3 Å². The summed E-state index contributed by atoms with van der Waals surface area (Å²) in [5, 5.41) is 6.51. The zero-order valence-electron chi connectivity index (χ0n) is 17.9. The minimum atomic E-state index is -0.0467. The van der Waals surface area contributed by atoms with Crippen molar-refractivity contribution in [2.45, 2.75) is 39.2 Å². The molecule has 1 fully saturated rings. The van der Waals surface area contributed by atoms with E-state index in [1.54, 1.807) is 14.1 Å². The average molecular weight is 518 g/mol. The highest BCUT2D eigenvalue weighted by Crippen LogP contribution is 2.28. The summed E-state index contributed by atoms with van der Waals surface area (Å²) in [6.45, 7) is 6.42. The molecule has 0 heterocycles. The second kappa shape index (κ2) is 13.6. The third-order valence-electron chi connectivity index (χ3n) is 4.17. The summed E-state index contributed by atoms with van der Waals surface area (Å²) in [7, 11) is 3.45. The molecule has 0 saturated heterocycles. The fourth-order valence-electron chi connectivity index (χ4n) is 2.37. The smallest absolute Gasteiger partial charge is 0.243 e. The third-order valence-corrected chi connectivity index (χ3v) is 4.17. The second-order valence-electron chi connectivity index (χ2n) is 7.57. The van der Waals surface area contributed by atoms with Gasteiger partial charge >= 0.3 is 0 Å². The van der Waals surface area contributed by atoms with Crippen LogP contribution in [0.25, 0.3) is 0 Å². The molecule has 0 radical (unpaired) electrons. The predicted molar refractivity (Wildman–Crippen MR) is 128 cm³/mol. The van der Waals surface area contributed by atoms with Crippen molar-refractivity contribution in [3.63, 3.8) is 0 Å². The highest BCUT2D eigenvalue weighted by molar-refractivity contribution is 14.0. The Morgan fingerprint density at radius 2 is 1.93 bits per heavy atom. The fraction of sp³-hybridized carbons (Fsp3) is 0.619. The van der Waals surface area contributed by atoms with Crippen LogP contribution < -0.4 is 15.4 Å². The first-order chi connectivity index (χ1) is 13.4. The van der Waals surface area contributed by atoms with Gasteiger partial charge < -0.3 is 25.0 Å². The number of guanidine groups is 1. The lowest BCUT2D eigenvalue weighted by atomic mass is 10.3. The maximum Gasteiger partial charge on any atom is 0.243 e. The molecule has 164 valence electrons. The van der Waals surface area contributed by atoms with E-state index >= 15 is 0 Å². The van der Waals surface area contributed by atoms with Crippen LogP contribution in [0, 0.1) is 5.92 Å². The number of rotatable bonds is 11. The van der Waals surface area contributed by atoms with Gasteiger partial charge in [-0.3, -0.25) is 4.79 Å². The van der Waals surface area contributed by atoms with E-state index in [0.717, 1.165) is 43.5 Å². The summed E-state index contributed by atoms with van der Waals surface area (Å²) in [5.41, 5.74) is 0.879. The van der Waals surface area contributed by atoms with Crippen LogP contribution in [-0.4, -0.2) is 63.3 Å². The number of nitrogens with zero attached hydrogens (tertiary/aromatic N) is 2. The molecule has 2 rings (SSSR count). The molecule has 0 atom stereocenters. The first kappa shape index (κ1) is 25.5. The molecular formula is C21H35IN4O3. The summed E-state index contributed by atoms with van der Waals surface area (Å²) in [4.78, 5) is 17.8. The zero-order chi connectivity index (χ0) is 20.4. The van der Waals surface area contributed by atoms with E-state index in [9.17, 15) is 4.79 Å². The monoisotopic (exact) mass is 518 g/mol. The van der Waals surface area contributed by atoms with Crippen LogP contribution >= 0.6 is 24.0 Å². The summed E-state index contributed by atoms with van der Waals surface area (Å²) in [6, 6.07) is 7.69. The van der Waals surface area contributed by atoms with Gasteiger partial charge in [0.15, 0.2) is 5.96 Å².